The first-order chi connectivity index (χ1) is 17.2. The standard InChI is InChI=1S/C25H24FNO9/c1-33-17-11-9-16(10-12-17)27-21(29)20(22(30)34-2)18(25(27,23(31)35-3)24(32)36-4)13-19(28)14-5-7-15(26)8-6-14/h5-12,18,20H,13H2,1-4H3/t18-,20-/m1/s1. The zero-order chi connectivity index (χ0) is 26.6. The van der Waals surface area contributed by atoms with Crippen molar-refractivity contribution in [3.05, 3.63) is 59.9 Å². The zero-order valence-electron chi connectivity index (χ0n) is 20.0. The molecule has 1 aliphatic heterocycles. The molecule has 1 fully saturated rings. The van der Waals surface area contributed by atoms with Gasteiger partial charge in [-0.05, 0) is 48.5 Å². The minimum atomic E-state index is -2.55. The number of rotatable bonds is 8. The number of hydrogen-bond donors (Lipinski definition) is 0. The van der Waals surface area contributed by atoms with E-state index in [1.54, 1.807) is 0 Å². The highest BCUT2D eigenvalue weighted by Crippen LogP contribution is 2.47. The van der Waals surface area contributed by atoms with Gasteiger partial charge in [0.15, 0.2) is 5.78 Å². The third kappa shape index (κ3) is 4.28. The summed E-state index contributed by atoms with van der Waals surface area (Å²) in [7, 11) is 4.44. The van der Waals surface area contributed by atoms with Crippen molar-refractivity contribution in [1.29, 1.82) is 0 Å². The molecule has 1 saturated heterocycles. The van der Waals surface area contributed by atoms with E-state index >= 15 is 0 Å². The number of hydrogen-bond acceptors (Lipinski definition) is 9. The molecule has 2 aromatic rings. The van der Waals surface area contributed by atoms with Crippen LogP contribution in [0.25, 0.3) is 0 Å². The Bertz CT molecular complexity index is 1160. The summed E-state index contributed by atoms with van der Waals surface area (Å²) in [6.45, 7) is 0. The molecular weight excluding hydrogens is 477 g/mol. The van der Waals surface area contributed by atoms with Crippen LogP contribution in [0.2, 0.25) is 0 Å². The molecule has 0 unspecified atom stereocenters. The van der Waals surface area contributed by atoms with E-state index in [2.05, 4.69) is 0 Å². The summed E-state index contributed by atoms with van der Waals surface area (Å²) in [6.07, 6.45) is -0.645. The van der Waals surface area contributed by atoms with Crippen molar-refractivity contribution < 1.29 is 47.3 Å². The number of carbonyl (C=O) groups is 5. The van der Waals surface area contributed by atoms with Gasteiger partial charge in [0.05, 0.1) is 28.4 Å². The third-order valence-electron chi connectivity index (χ3n) is 6.13. The van der Waals surface area contributed by atoms with Crippen molar-refractivity contribution in [2.45, 2.75) is 12.0 Å². The second-order valence-corrected chi connectivity index (χ2v) is 7.86. The van der Waals surface area contributed by atoms with Gasteiger partial charge in [-0.25, -0.2) is 14.0 Å². The van der Waals surface area contributed by atoms with Gasteiger partial charge in [0.2, 0.25) is 11.4 Å². The van der Waals surface area contributed by atoms with E-state index in [9.17, 15) is 28.4 Å². The summed E-state index contributed by atoms with van der Waals surface area (Å²) >= 11 is 0. The molecule has 3 rings (SSSR count). The van der Waals surface area contributed by atoms with Crippen LogP contribution in [0.3, 0.4) is 0 Å². The van der Waals surface area contributed by atoms with Crippen LogP contribution in [0.4, 0.5) is 10.1 Å². The van der Waals surface area contributed by atoms with E-state index in [1.165, 1.54) is 43.5 Å². The molecule has 0 radical (unpaired) electrons. The molecule has 2 atom stereocenters. The Balaban J connectivity index is 2.27. The average Bonchev–Trinajstić information content (AvgIpc) is 3.15. The normalized spacial score (nSPS) is 18.4. The lowest BCUT2D eigenvalue weighted by atomic mass is 9.75. The van der Waals surface area contributed by atoms with Gasteiger partial charge in [0, 0.05) is 23.6 Å². The second-order valence-electron chi connectivity index (χ2n) is 7.86. The molecular formula is C25H24FNO9. The predicted molar refractivity (Wildman–Crippen MR) is 122 cm³/mol. The number of ketones is 1. The summed E-state index contributed by atoms with van der Waals surface area (Å²) in [5, 5.41) is 0. The topological polar surface area (TPSA) is 126 Å². The lowest BCUT2D eigenvalue weighted by Gasteiger charge is -2.36. The first kappa shape index (κ1) is 26.3. The smallest absolute Gasteiger partial charge is 0.344 e. The fraction of sp³-hybridized carbons (Fsp3) is 0.320. The first-order valence-corrected chi connectivity index (χ1v) is 10.7. The van der Waals surface area contributed by atoms with Gasteiger partial charge in [0.1, 0.15) is 17.5 Å². The Morgan fingerprint density at radius 3 is 1.89 bits per heavy atom. The maximum absolute atomic E-state index is 13.7. The van der Waals surface area contributed by atoms with Gasteiger partial charge < -0.3 is 18.9 Å². The summed E-state index contributed by atoms with van der Waals surface area (Å²) in [6, 6.07) is 10.3. The number of methoxy groups -OCH3 is 4. The van der Waals surface area contributed by atoms with Crippen molar-refractivity contribution in [2.24, 2.45) is 11.8 Å². The van der Waals surface area contributed by atoms with Gasteiger partial charge in [-0.3, -0.25) is 19.3 Å². The lowest BCUT2D eigenvalue weighted by molar-refractivity contribution is -0.164. The van der Waals surface area contributed by atoms with Crippen LogP contribution in [0.15, 0.2) is 48.5 Å². The van der Waals surface area contributed by atoms with Crippen LogP contribution in [-0.4, -0.2) is 63.6 Å². The number of Topliss-reactive ketones (excluding diaryl/α,β-unsaturated/α-hetero) is 1. The number of nitrogens with zero attached hydrogens (tertiary/aromatic N) is 1. The van der Waals surface area contributed by atoms with E-state index in [-0.39, 0.29) is 11.3 Å². The highest BCUT2D eigenvalue weighted by molar-refractivity contribution is 6.23. The fourth-order valence-corrected chi connectivity index (χ4v) is 4.45. The molecule has 11 heteroatoms. The van der Waals surface area contributed by atoms with Gasteiger partial charge in [-0.1, -0.05) is 0 Å². The number of benzene rings is 2. The monoisotopic (exact) mass is 501 g/mol. The second kappa shape index (κ2) is 10.5. The summed E-state index contributed by atoms with van der Waals surface area (Å²) < 4.78 is 33.2. The molecule has 0 aliphatic carbocycles. The first-order valence-electron chi connectivity index (χ1n) is 10.7. The molecule has 1 heterocycles. The van der Waals surface area contributed by atoms with Crippen molar-refractivity contribution >= 4 is 35.3 Å². The maximum atomic E-state index is 13.7. The summed E-state index contributed by atoms with van der Waals surface area (Å²) in [5.41, 5.74) is -2.47. The molecule has 0 N–H and O–H groups in total. The van der Waals surface area contributed by atoms with Gasteiger partial charge >= 0.3 is 17.9 Å². The van der Waals surface area contributed by atoms with Crippen molar-refractivity contribution in [1.82, 2.24) is 0 Å². The average molecular weight is 501 g/mol. The SMILES string of the molecule is COC(=O)[C@H]1C(=O)N(c2ccc(OC)cc2)C(C(=O)OC)(C(=O)OC)[C@@H]1CC(=O)c1ccc(F)cc1. The van der Waals surface area contributed by atoms with E-state index in [0.29, 0.717) is 5.75 Å². The predicted octanol–water partition coefficient (Wildman–Crippen LogP) is 1.94. The van der Waals surface area contributed by atoms with Crippen LogP contribution in [0, 0.1) is 17.7 Å². The molecule has 0 bridgehead atoms. The van der Waals surface area contributed by atoms with Crippen molar-refractivity contribution in [2.75, 3.05) is 33.3 Å². The van der Waals surface area contributed by atoms with Crippen molar-refractivity contribution in [3.63, 3.8) is 0 Å². The molecule has 0 saturated carbocycles. The van der Waals surface area contributed by atoms with E-state index in [4.69, 9.17) is 18.9 Å². The van der Waals surface area contributed by atoms with Gasteiger partial charge in [0.25, 0.3) is 0 Å². The molecule has 2 aromatic carbocycles. The number of halogens is 1. The Hall–Kier alpha value is -4.28. The number of ether oxygens (including phenoxy) is 4. The molecule has 0 aromatic heterocycles. The summed E-state index contributed by atoms with van der Waals surface area (Å²) in [4.78, 5) is 67.3. The van der Waals surface area contributed by atoms with E-state index in [0.717, 1.165) is 38.4 Å². The van der Waals surface area contributed by atoms with Crippen LogP contribution in [0.1, 0.15) is 16.8 Å². The lowest BCUT2D eigenvalue weighted by Crippen LogP contribution is -2.62. The highest BCUT2D eigenvalue weighted by Gasteiger charge is 2.71. The van der Waals surface area contributed by atoms with Crippen LogP contribution < -0.4 is 9.64 Å². The maximum Gasteiger partial charge on any atom is 0.344 e. The van der Waals surface area contributed by atoms with Gasteiger partial charge in [-0.2, -0.15) is 0 Å². The highest BCUT2D eigenvalue weighted by atomic mass is 19.1. The Morgan fingerprint density at radius 2 is 1.42 bits per heavy atom. The molecule has 36 heavy (non-hydrogen) atoms. The molecule has 1 amide bonds. The van der Waals surface area contributed by atoms with Crippen LogP contribution >= 0.6 is 0 Å². The number of amides is 1. The molecule has 190 valence electrons. The number of esters is 3. The van der Waals surface area contributed by atoms with E-state index in [1.807, 2.05) is 0 Å². The summed E-state index contributed by atoms with van der Waals surface area (Å²) in [5.74, 6) is -8.63. The van der Waals surface area contributed by atoms with Crippen molar-refractivity contribution in [3.8, 4) is 5.75 Å². The Kier molecular flexibility index (Phi) is 7.71. The quantitative estimate of drug-likeness (QED) is 0.231. The fourth-order valence-electron chi connectivity index (χ4n) is 4.45. The molecule has 10 nitrogen and oxygen atoms in total. The number of carbonyl (C=O) groups excluding carboxylic acids is 5. The van der Waals surface area contributed by atoms with Gasteiger partial charge in [-0.15, -0.1) is 0 Å². The largest absolute Gasteiger partial charge is 0.497 e. The minimum absolute atomic E-state index is 0.0407. The minimum Gasteiger partial charge on any atom is -0.497 e. The number of anilines is 1. The third-order valence-corrected chi connectivity index (χ3v) is 6.13. The molecule has 0 spiro atoms. The Morgan fingerprint density at radius 1 is 0.861 bits per heavy atom. The Labute approximate surface area is 205 Å². The zero-order valence-corrected chi connectivity index (χ0v) is 20.0. The molecule has 1 aliphatic rings. The van der Waals surface area contributed by atoms with E-state index < -0.39 is 59.2 Å². The van der Waals surface area contributed by atoms with Crippen LogP contribution in [-0.2, 0) is 33.4 Å². The van der Waals surface area contributed by atoms with Crippen LogP contribution in [0.5, 0.6) is 5.75 Å².